The van der Waals surface area contributed by atoms with Crippen molar-refractivity contribution < 1.29 is 14.3 Å². The van der Waals surface area contributed by atoms with Gasteiger partial charge in [0.05, 0.1) is 6.42 Å². The normalized spacial score (nSPS) is 11.3. The first kappa shape index (κ1) is 7.96. The van der Waals surface area contributed by atoms with Crippen LogP contribution in [0.1, 0.15) is 13.3 Å². The average Bonchev–Trinajstić information content (AvgIpc) is 1.82. The van der Waals surface area contributed by atoms with Gasteiger partial charge in [-0.1, -0.05) is 5.92 Å². The third-order valence-electron chi connectivity index (χ3n) is 0.726. The zero-order valence-corrected chi connectivity index (χ0v) is 5.02. The second-order valence-electron chi connectivity index (χ2n) is 1.44. The fourth-order valence-electron chi connectivity index (χ4n) is 0.279. The Morgan fingerprint density at radius 2 is 2.44 bits per heavy atom. The molecule has 0 aromatic rings. The van der Waals surface area contributed by atoms with Gasteiger partial charge >= 0.3 is 5.97 Å². The predicted octanol–water partition coefficient (Wildman–Crippen LogP) is 0.823. The minimum absolute atomic E-state index is 0.216. The molecule has 0 rings (SSSR count). The van der Waals surface area contributed by atoms with Crippen molar-refractivity contribution in [3.8, 4) is 11.8 Å². The summed E-state index contributed by atoms with van der Waals surface area (Å²) < 4.78 is 12.0. The molecule has 0 aliphatic rings. The Bertz CT molecular complexity index is 154. The first-order valence-electron chi connectivity index (χ1n) is 2.45. The molecule has 1 atom stereocenters. The van der Waals surface area contributed by atoms with Crippen LogP contribution in [0.25, 0.3) is 0 Å². The second kappa shape index (κ2) is 3.90. The maximum Gasteiger partial charge on any atom is 0.339 e. The molecule has 0 aromatic heterocycles. The number of carbonyl (C=O) groups is 1. The van der Waals surface area contributed by atoms with Gasteiger partial charge in [-0.3, -0.25) is 0 Å². The molecule has 0 fully saturated rings. The van der Waals surface area contributed by atoms with Crippen molar-refractivity contribution in [2.24, 2.45) is 0 Å². The van der Waals surface area contributed by atoms with Crippen LogP contribution in [-0.4, -0.2) is 17.2 Å². The van der Waals surface area contributed by atoms with Crippen molar-refractivity contribution >= 4 is 5.97 Å². The quantitative estimate of drug-likeness (QED) is 0.562. The molecular weight excluding hydrogens is 123 g/mol. The van der Waals surface area contributed by atoms with Crippen LogP contribution >= 0.6 is 0 Å². The zero-order valence-electron chi connectivity index (χ0n) is 5.02. The van der Waals surface area contributed by atoms with E-state index in [1.54, 1.807) is 0 Å². The van der Waals surface area contributed by atoms with Crippen molar-refractivity contribution in [2.45, 2.75) is 19.5 Å². The summed E-state index contributed by atoms with van der Waals surface area (Å²) in [7, 11) is 0. The molecule has 0 aliphatic carbocycles. The standard InChI is InChI=1S/C6H7FO2/c1-2-3-4-5(7)6(8)9/h5H,4H2,1H3,(H,8,9)/t5-/m1/s1. The lowest BCUT2D eigenvalue weighted by molar-refractivity contribution is -0.142. The van der Waals surface area contributed by atoms with E-state index in [-0.39, 0.29) is 6.42 Å². The fraction of sp³-hybridized carbons (Fsp3) is 0.500. The van der Waals surface area contributed by atoms with E-state index < -0.39 is 12.1 Å². The van der Waals surface area contributed by atoms with Crippen molar-refractivity contribution in [3.63, 3.8) is 0 Å². The molecular formula is C6H7FO2. The molecule has 0 aliphatic heterocycles. The average molecular weight is 130 g/mol. The smallest absolute Gasteiger partial charge is 0.339 e. The molecule has 50 valence electrons. The van der Waals surface area contributed by atoms with Gasteiger partial charge in [-0.05, 0) is 6.92 Å². The van der Waals surface area contributed by atoms with Crippen LogP contribution in [0.2, 0.25) is 0 Å². The van der Waals surface area contributed by atoms with Crippen molar-refractivity contribution in [3.05, 3.63) is 0 Å². The highest BCUT2D eigenvalue weighted by Gasteiger charge is 2.12. The minimum atomic E-state index is -1.84. The monoisotopic (exact) mass is 130 g/mol. The third-order valence-corrected chi connectivity index (χ3v) is 0.726. The summed E-state index contributed by atoms with van der Waals surface area (Å²) in [5.41, 5.74) is 0. The number of rotatable bonds is 2. The van der Waals surface area contributed by atoms with E-state index >= 15 is 0 Å². The summed E-state index contributed by atoms with van der Waals surface area (Å²) in [6, 6.07) is 0. The largest absolute Gasteiger partial charge is 0.479 e. The van der Waals surface area contributed by atoms with Gasteiger partial charge in [0.15, 0.2) is 0 Å². The van der Waals surface area contributed by atoms with E-state index in [2.05, 4.69) is 11.8 Å². The van der Waals surface area contributed by atoms with Crippen LogP contribution in [0.5, 0.6) is 0 Å². The number of halogens is 1. The summed E-state index contributed by atoms with van der Waals surface area (Å²) in [5, 5.41) is 7.97. The van der Waals surface area contributed by atoms with Gasteiger partial charge in [-0.2, -0.15) is 0 Å². The molecule has 0 aromatic carbocycles. The lowest BCUT2D eigenvalue weighted by atomic mass is 10.3. The first-order valence-corrected chi connectivity index (χ1v) is 2.45. The van der Waals surface area contributed by atoms with Gasteiger partial charge in [0.1, 0.15) is 0 Å². The SMILES string of the molecule is CC#CC[C@@H](F)C(=O)O. The highest BCUT2D eigenvalue weighted by Crippen LogP contribution is 1.94. The van der Waals surface area contributed by atoms with Crippen LogP contribution in [0.3, 0.4) is 0 Å². The Labute approximate surface area is 52.7 Å². The molecule has 3 heteroatoms. The predicted molar refractivity (Wildman–Crippen MR) is 30.6 cm³/mol. The molecule has 0 saturated carbocycles. The topological polar surface area (TPSA) is 37.3 Å². The highest BCUT2D eigenvalue weighted by molar-refractivity contribution is 5.72. The van der Waals surface area contributed by atoms with Gasteiger partial charge in [0.2, 0.25) is 6.17 Å². The Hall–Kier alpha value is -1.04. The van der Waals surface area contributed by atoms with Crippen molar-refractivity contribution in [2.75, 3.05) is 0 Å². The van der Waals surface area contributed by atoms with Crippen LogP contribution < -0.4 is 0 Å². The van der Waals surface area contributed by atoms with E-state index in [4.69, 9.17) is 5.11 Å². The molecule has 0 spiro atoms. The summed E-state index contributed by atoms with van der Waals surface area (Å²) in [6.07, 6.45) is -2.05. The van der Waals surface area contributed by atoms with Gasteiger partial charge in [-0.25, -0.2) is 9.18 Å². The summed E-state index contributed by atoms with van der Waals surface area (Å²) in [4.78, 5) is 9.76. The van der Waals surface area contributed by atoms with Gasteiger partial charge < -0.3 is 5.11 Å². The van der Waals surface area contributed by atoms with Crippen LogP contribution in [0, 0.1) is 11.8 Å². The lowest BCUT2D eigenvalue weighted by Crippen LogP contribution is -2.12. The van der Waals surface area contributed by atoms with Crippen LogP contribution in [0.15, 0.2) is 0 Å². The molecule has 1 N–H and O–H groups in total. The Balaban J connectivity index is 3.59. The maximum absolute atomic E-state index is 12.0. The van der Waals surface area contributed by atoms with Crippen molar-refractivity contribution in [1.29, 1.82) is 0 Å². The number of alkyl halides is 1. The minimum Gasteiger partial charge on any atom is -0.479 e. The Morgan fingerprint density at radius 3 is 2.78 bits per heavy atom. The van der Waals surface area contributed by atoms with E-state index in [9.17, 15) is 9.18 Å². The Kier molecular flexibility index (Phi) is 3.45. The first-order chi connectivity index (χ1) is 4.18. The second-order valence-corrected chi connectivity index (χ2v) is 1.44. The summed E-state index contributed by atoms with van der Waals surface area (Å²) in [6.45, 7) is 1.54. The van der Waals surface area contributed by atoms with Crippen LogP contribution in [-0.2, 0) is 4.79 Å². The van der Waals surface area contributed by atoms with E-state index in [0.717, 1.165) is 0 Å². The molecule has 2 nitrogen and oxygen atoms in total. The van der Waals surface area contributed by atoms with Crippen LogP contribution in [0.4, 0.5) is 4.39 Å². The van der Waals surface area contributed by atoms with Crippen molar-refractivity contribution in [1.82, 2.24) is 0 Å². The third kappa shape index (κ3) is 3.53. The van der Waals surface area contributed by atoms with E-state index in [1.165, 1.54) is 6.92 Å². The van der Waals surface area contributed by atoms with E-state index in [0.29, 0.717) is 0 Å². The fourth-order valence-corrected chi connectivity index (χ4v) is 0.279. The van der Waals surface area contributed by atoms with Gasteiger partial charge in [-0.15, -0.1) is 5.92 Å². The highest BCUT2D eigenvalue weighted by atomic mass is 19.1. The molecule has 0 bridgehead atoms. The number of hydrogen-bond donors (Lipinski definition) is 1. The summed E-state index contributed by atoms with van der Waals surface area (Å²) >= 11 is 0. The number of aliphatic carboxylic acids is 1. The molecule has 0 heterocycles. The lowest BCUT2D eigenvalue weighted by Gasteiger charge is -1.92. The van der Waals surface area contributed by atoms with Gasteiger partial charge in [0, 0.05) is 0 Å². The molecule has 0 saturated heterocycles. The van der Waals surface area contributed by atoms with E-state index in [1.807, 2.05) is 0 Å². The molecule has 0 unspecified atom stereocenters. The molecule has 0 amide bonds. The molecule has 9 heavy (non-hydrogen) atoms. The number of carboxylic acids is 1. The molecule has 0 radical (unpaired) electrons. The number of carboxylic acid groups (broad SMARTS) is 1. The maximum atomic E-state index is 12.0. The zero-order chi connectivity index (χ0) is 7.28. The summed E-state index contributed by atoms with van der Waals surface area (Å²) in [5.74, 6) is 3.28. The Morgan fingerprint density at radius 1 is 1.89 bits per heavy atom. The van der Waals surface area contributed by atoms with Gasteiger partial charge in [0.25, 0.3) is 0 Å². The number of hydrogen-bond acceptors (Lipinski definition) is 1.